The van der Waals surface area contributed by atoms with E-state index in [1.807, 2.05) is 0 Å². The lowest BCUT2D eigenvalue weighted by molar-refractivity contribution is 1.78. The van der Waals surface area contributed by atoms with Crippen molar-refractivity contribution in [3.63, 3.8) is 0 Å². The minimum absolute atomic E-state index is 0. The number of hydrogen-bond donors (Lipinski definition) is 0. The Morgan fingerprint density at radius 3 is 1.32 bits per heavy atom. The molecule has 0 aliphatic carbocycles. The first kappa shape index (κ1) is 14.8. The molecule has 0 aliphatic heterocycles. The summed E-state index contributed by atoms with van der Waals surface area (Å²) in [4.78, 5) is 0. The van der Waals surface area contributed by atoms with Gasteiger partial charge in [0.15, 0.2) is 0 Å². The van der Waals surface area contributed by atoms with Crippen LogP contribution in [0.15, 0.2) is 84.9 Å². The van der Waals surface area contributed by atoms with Crippen LogP contribution < -0.4 is 10.6 Å². The van der Waals surface area contributed by atoms with E-state index in [9.17, 15) is 0 Å². The Balaban J connectivity index is 0.00000144. The van der Waals surface area contributed by atoms with Crippen molar-refractivity contribution in [3.05, 3.63) is 84.9 Å². The predicted octanol–water partition coefficient (Wildman–Crippen LogP) is 3.44. The summed E-state index contributed by atoms with van der Waals surface area (Å²) in [5, 5.41) is 8.05. The maximum absolute atomic E-state index is 2.31. The highest BCUT2D eigenvalue weighted by atomic mass is 31.1. The van der Waals surface area contributed by atoms with Crippen LogP contribution in [0.3, 0.4) is 0 Å². The van der Waals surface area contributed by atoms with Crippen LogP contribution in [0.2, 0.25) is 0 Å². The number of hydrogen-bond acceptors (Lipinski definition) is 0. The predicted molar refractivity (Wildman–Crippen MR) is 105 cm³/mol. The van der Waals surface area contributed by atoms with Crippen molar-refractivity contribution >= 4 is 49.1 Å². The molecular formula is C20H18BP. The van der Waals surface area contributed by atoms with Gasteiger partial charge in [-0.2, -0.15) is 0 Å². The van der Waals surface area contributed by atoms with Gasteiger partial charge in [0.1, 0.15) is 0 Å². The summed E-state index contributed by atoms with van der Waals surface area (Å²) >= 11 is 0. The maximum Gasteiger partial charge on any atom is 0.0814 e. The van der Waals surface area contributed by atoms with Gasteiger partial charge in [0.2, 0.25) is 0 Å². The average molecular weight is 300 g/mol. The normalized spacial score (nSPS) is 10.5. The molecule has 4 aromatic carbocycles. The molecule has 0 saturated heterocycles. The first-order chi connectivity index (χ1) is 10.4. The third-order valence-electron chi connectivity index (χ3n) is 3.79. The second kappa shape index (κ2) is 6.34. The zero-order chi connectivity index (χ0) is 14.1. The van der Waals surface area contributed by atoms with Gasteiger partial charge in [-0.15, -0.1) is 0 Å². The van der Waals surface area contributed by atoms with E-state index in [1.165, 1.54) is 32.2 Å². The molecule has 106 valence electrons. The van der Waals surface area contributed by atoms with Crippen molar-refractivity contribution in [2.75, 3.05) is 0 Å². The highest BCUT2D eigenvalue weighted by Gasteiger charge is 2.00. The molecule has 0 atom stereocenters. The van der Waals surface area contributed by atoms with E-state index in [-0.39, 0.29) is 8.41 Å². The van der Waals surface area contributed by atoms with Crippen LogP contribution in [0.25, 0.3) is 21.5 Å². The zero-order valence-corrected chi connectivity index (χ0v) is 12.6. The van der Waals surface area contributed by atoms with Gasteiger partial charge in [0.25, 0.3) is 0 Å². The Hall–Kier alpha value is -2.11. The quantitative estimate of drug-likeness (QED) is 0.393. The summed E-state index contributed by atoms with van der Waals surface area (Å²) < 4.78 is 0. The largest absolute Gasteiger partial charge is 0.0814 e. The fraction of sp³-hybridized carbons (Fsp3) is 0. The average Bonchev–Trinajstić information content (AvgIpc) is 2.55. The van der Waals surface area contributed by atoms with Crippen LogP contribution in [0.1, 0.15) is 0 Å². The number of fused-ring (bicyclic) bond motifs is 2. The van der Waals surface area contributed by atoms with Gasteiger partial charge in [-0.25, -0.2) is 0 Å². The van der Waals surface area contributed by atoms with Crippen LogP contribution in [0.5, 0.6) is 0 Å². The van der Waals surface area contributed by atoms with Crippen molar-refractivity contribution in [1.82, 2.24) is 0 Å². The van der Waals surface area contributed by atoms with Crippen molar-refractivity contribution in [2.24, 2.45) is 0 Å². The molecule has 0 heterocycles. The van der Waals surface area contributed by atoms with E-state index in [2.05, 4.69) is 84.9 Å². The van der Waals surface area contributed by atoms with Crippen molar-refractivity contribution in [3.8, 4) is 0 Å². The summed E-state index contributed by atoms with van der Waals surface area (Å²) in [5.74, 6) is 0. The van der Waals surface area contributed by atoms with Crippen LogP contribution >= 0.6 is 8.58 Å². The molecule has 4 rings (SSSR count). The Bertz CT molecular complexity index is 853. The van der Waals surface area contributed by atoms with Crippen LogP contribution in [0, 0.1) is 0 Å². The first-order valence-electron chi connectivity index (χ1n) is 7.13. The van der Waals surface area contributed by atoms with E-state index >= 15 is 0 Å². The van der Waals surface area contributed by atoms with Crippen LogP contribution in [0.4, 0.5) is 0 Å². The van der Waals surface area contributed by atoms with E-state index < -0.39 is 0 Å². The first-order valence-corrected chi connectivity index (χ1v) is 8.13. The third kappa shape index (κ3) is 2.91. The Labute approximate surface area is 134 Å². The Morgan fingerprint density at radius 1 is 0.455 bits per heavy atom. The lowest BCUT2D eigenvalue weighted by Crippen LogP contribution is -2.02. The van der Waals surface area contributed by atoms with E-state index in [4.69, 9.17) is 0 Å². The molecule has 0 unspecified atom stereocenters. The van der Waals surface area contributed by atoms with Crippen molar-refractivity contribution in [2.45, 2.75) is 0 Å². The van der Waals surface area contributed by atoms with E-state index in [0.29, 0.717) is 8.58 Å². The van der Waals surface area contributed by atoms with Gasteiger partial charge >= 0.3 is 0 Å². The van der Waals surface area contributed by atoms with Gasteiger partial charge in [-0.05, 0) is 44.3 Å². The van der Waals surface area contributed by atoms with Gasteiger partial charge < -0.3 is 0 Å². The standard InChI is InChI=1S/C20H15P.BH3/c1-3-7-17-13-19(11-9-15(17)5-1)21-20-12-10-16-6-2-4-8-18(16)14-20;/h1-14,21H;1H3. The molecule has 0 saturated carbocycles. The zero-order valence-electron chi connectivity index (χ0n) is 11.6. The summed E-state index contributed by atoms with van der Waals surface area (Å²) in [6.45, 7) is 0. The monoisotopic (exact) mass is 300 g/mol. The lowest BCUT2D eigenvalue weighted by atomic mass is 10.1. The molecule has 0 nitrogen and oxygen atoms in total. The molecule has 0 radical (unpaired) electrons. The molecule has 22 heavy (non-hydrogen) atoms. The highest BCUT2D eigenvalue weighted by molar-refractivity contribution is 7.55. The highest BCUT2D eigenvalue weighted by Crippen LogP contribution is 2.19. The van der Waals surface area contributed by atoms with Crippen LogP contribution in [-0.2, 0) is 0 Å². The topological polar surface area (TPSA) is 0 Å². The van der Waals surface area contributed by atoms with Gasteiger partial charge in [-0.1, -0.05) is 81.4 Å². The Kier molecular flexibility index (Phi) is 4.27. The van der Waals surface area contributed by atoms with E-state index in [1.54, 1.807) is 0 Å². The Morgan fingerprint density at radius 2 is 0.864 bits per heavy atom. The molecule has 0 bridgehead atoms. The van der Waals surface area contributed by atoms with Gasteiger partial charge in [-0.3, -0.25) is 0 Å². The molecular weight excluding hydrogens is 282 g/mol. The molecule has 0 fully saturated rings. The van der Waals surface area contributed by atoms with Crippen LogP contribution in [-0.4, -0.2) is 8.41 Å². The third-order valence-corrected chi connectivity index (χ3v) is 4.99. The molecule has 0 N–H and O–H groups in total. The van der Waals surface area contributed by atoms with E-state index in [0.717, 1.165) is 0 Å². The summed E-state index contributed by atoms with van der Waals surface area (Å²) in [7, 11) is 0.703. The maximum atomic E-state index is 2.31. The second-order valence-corrected chi connectivity index (χ2v) is 6.65. The van der Waals surface area contributed by atoms with Gasteiger partial charge in [0.05, 0.1) is 8.41 Å². The van der Waals surface area contributed by atoms with Gasteiger partial charge in [0, 0.05) is 0 Å². The lowest BCUT2D eigenvalue weighted by Gasteiger charge is -2.06. The molecule has 2 heteroatoms. The molecule has 0 aromatic heterocycles. The summed E-state index contributed by atoms with van der Waals surface area (Å²) in [6.07, 6.45) is 0. The van der Waals surface area contributed by atoms with Crippen molar-refractivity contribution < 1.29 is 0 Å². The van der Waals surface area contributed by atoms with Crippen molar-refractivity contribution in [1.29, 1.82) is 0 Å². The molecule has 0 spiro atoms. The fourth-order valence-corrected chi connectivity index (χ4v) is 3.82. The molecule has 0 aliphatic rings. The molecule has 0 amide bonds. The summed E-state index contributed by atoms with van der Waals surface area (Å²) in [5.41, 5.74) is 0. The minimum atomic E-state index is 0. The fourth-order valence-electron chi connectivity index (χ4n) is 2.70. The SMILES string of the molecule is B.c1ccc2cc(Pc3ccc4ccccc4c3)ccc2c1. The number of rotatable bonds is 2. The smallest absolute Gasteiger partial charge is 0.0616 e. The number of benzene rings is 4. The molecule has 4 aromatic rings. The second-order valence-electron chi connectivity index (χ2n) is 5.25. The summed E-state index contributed by atoms with van der Waals surface area (Å²) in [6, 6.07) is 30.6. The minimum Gasteiger partial charge on any atom is -0.0616 e.